The first kappa shape index (κ1) is 21.9. The van der Waals surface area contributed by atoms with Gasteiger partial charge in [0.2, 0.25) is 11.8 Å². The molecule has 2 bridgehead atoms. The van der Waals surface area contributed by atoms with Gasteiger partial charge < -0.3 is 15.0 Å². The fourth-order valence-corrected chi connectivity index (χ4v) is 5.69. The van der Waals surface area contributed by atoms with Crippen LogP contribution in [0.15, 0.2) is 24.4 Å². The monoisotopic (exact) mass is 478 g/mol. The minimum absolute atomic E-state index is 0.0442. The van der Waals surface area contributed by atoms with Crippen LogP contribution in [0.2, 0.25) is 0 Å². The topological polar surface area (TPSA) is 136 Å². The molecule has 1 aromatic carbocycles. The number of hydrogen-bond donors (Lipinski definition) is 2. The zero-order chi connectivity index (χ0) is 24.1. The van der Waals surface area contributed by atoms with Gasteiger partial charge in [-0.3, -0.25) is 24.5 Å². The van der Waals surface area contributed by atoms with E-state index in [0.29, 0.717) is 42.6 Å². The van der Waals surface area contributed by atoms with Crippen molar-refractivity contribution in [2.24, 2.45) is 11.8 Å². The Kier molecular flexibility index (Phi) is 5.36. The summed E-state index contributed by atoms with van der Waals surface area (Å²) in [4.78, 5) is 50.9. The number of aromatic nitrogens is 3. The average molecular weight is 479 g/mol. The molecular weight excluding hydrogens is 452 g/mol. The summed E-state index contributed by atoms with van der Waals surface area (Å²) in [5.41, 5.74) is 2.03. The molecule has 182 valence electrons. The number of carbonyl (C=O) groups is 4. The molecule has 0 radical (unpaired) electrons. The molecule has 1 unspecified atom stereocenters. The van der Waals surface area contributed by atoms with Gasteiger partial charge in [0, 0.05) is 31.7 Å². The second-order valence-corrected chi connectivity index (χ2v) is 9.81. The summed E-state index contributed by atoms with van der Waals surface area (Å²) >= 11 is 0. The number of nitrogens with one attached hydrogen (secondary N) is 2. The highest BCUT2D eigenvalue weighted by Crippen LogP contribution is 2.38. The van der Waals surface area contributed by atoms with Crippen molar-refractivity contribution in [2.45, 2.75) is 50.8 Å². The molecule has 4 amide bonds. The van der Waals surface area contributed by atoms with Crippen molar-refractivity contribution in [3.05, 3.63) is 41.2 Å². The number of ether oxygens (including phenoxy) is 1. The largest absolute Gasteiger partial charge is 0.376 e. The molecule has 2 saturated heterocycles. The lowest BCUT2D eigenvalue weighted by molar-refractivity contribution is -0.136. The van der Waals surface area contributed by atoms with Crippen LogP contribution in [0, 0.1) is 11.8 Å². The van der Waals surface area contributed by atoms with Crippen molar-refractivity contribution in [1.29, 1.82) is 0 Å². The molecule has 2 aromatic rings. The van der Waals surface area contributed by atoms with Crippen LogP contribution in [0.1, 0.15) is 58.5 Å². The van der Waals surface area contributed by atoms with Gasteiger partial charge in [0.25, 0.3) is 11.8 Å². The summed E-state index contributed by atoms with van der Waals surface area (Å²) in [6.07, 6.45) is 5.63. The van der Waals surface area contributed by atoms with Gasteiger partial charge in [-0.1, -0.05) is 11.3 Å². The first-order valence-corrected chi connectivity index (χ1v) is 12.1. The SMILES string of the molecule is O=C1CCC(N2Cc3ccc(-n4cc(C(=O)NC[C@@H]5OC[C@@H]6CC[C@H]5C6)nn4)cc3C2=O)C(=O)N1. The maximum absolute atomic E-state index is 13.0. The van der Waals surface area contributed by atoms with Crippen molar-refractivity contribution < 1.29 is 23.9 Å². The number of hydrogen-bond acceptors (Lipinski definition) is 7. The van der Waals surface area contributed by atoms with Gasteiger partial charge in [0.1, 0.15) is 6.04 Å². The van der Waals surface area contributed by atoms with Crippen LogP contribution in [-0.2, 0) is 20.9 Å². The Balaban J connectivity index is 1.12. The highest BCUT2D eigenvalue weighted by molar-refractivity contribution is 6.05. The lowest BCUT2D eigenvalue weighted by Gasteiger charge is -2.29. The zero-order valence-electron chi connectivity index (χ0n) is 19.1. The quantitative estimate of drug-likeness (QED) is 0.600. The molecule has 11 heteroatoms. The lowest BCUT2D eigenvalue weighted by atomic mass is 9.96. The number of piperidine rings is 1. The van der Waals surface area contributed by atoms with E-state index in [1.807, 2.05) is 6.07 Å². The molecule has 4 aliphatic rings. The zero-order valence-corrected chi connectivity index (χ0v) is 19.1. The average Bonchev–Trinajstić information content (AvgIpc) is 3.57. The van der Waals surface area contributed by atoms with Crippen molar-refractivity contribution >= 4 is 23.6 Å². The first-order chi connectivity index (χ1) is 17.0. The third kappa shape index (κ3) is 3.99. The van der Waals surface area contributed by atoms with E-state index in [0.717, 1.165) is 18.6 Å². The molecule has 1 saturated carbocycles. The van der Waals surface area contributed by atoms with E-state index < -0.39 is 11.9 Å². The van der Waals surface area contributed by atoms with Crippen LogP contribution in [0.4, 0.5) is 0 Å². The van der Waals surface area contributed by atoms with E-state index in [9.17, 15) is 19.2 Å². The molecule has 11 nitrogen and oxygen atoms in total. The van der Waals surface area contributed by atoms with Crippen LogP contribution >= 0.6 is 0 Å². The number of imide groups is 1. The van der Waals surface area contributed by atoms with Crippen LogP contribution in [0.3, 0.4) is 0 Å². The van der Waals surface area contributed by atoms with E-state index in [1.165, 1.54) is 28.6 Å². The van der Waals surface area contributed by atoms with Gasteiger partial charge >= 0.3 is 0 Å². The summed E-state index contributed by atoms with van der Waals surface area (Å²) < 4.78 is 7.36. The van der Waals surface area contributed by atoms with E-state index >= 15 is 0 Å². The summed E-state index contributed by atoms with van der Waals surface area (Å²) in [5.74, 6) is -0.170. The minimum atomic E-state index is -0.666. The van der Waals surface area contributed by atoms with Crippen molar-refractivity contribution in [3.63, 3.8) is 0 Å². The molecule has 4 atom stereocenters. The van der Waals surface area contributed by atoms with Crippen LogP contribution < -0.4 is 10.6 Å². The second-order valence-electron chi connectivity index (χ2n) is 9.81. The predicted molar refractivity (Wildman–Crippen MR) is 120 cm³/mol. The van der Waals surface area contributed by atoms with Crippen LogP contribution in [0.5, 0.6) is 0 Å². The van der Waals surface area contributed by atoms with E-state index in [2.05, 4.69) is 20.9 Å². The fourth-order valence-electron chi connectivity index (χ4n) is 5.69. The van der Waals surface area contributed by atoms with Gasteiger partial charge in [-0.2, -0.15) is 0 Å². The maximum Gasteiger partial charge on any atom is 0.273 e. The Morgan fingerprint density at radius 2 is 2.09 bits per heavy atom. The summed E-state index contributed by atoms with van der Waals surface area (Å²) in [7, 11) is 0. The first-order valence-electron chi connectivity index (χ1n) is 12.1. The molecule has 3 fully saturated rings. The third-order valence-electron chi connectivity index (χ3n) is 7.62. The lowest BCUT2D eigenvalue weighted by Crippen LogP contribution is -2.52. The predicted octanol–water partition coefficient (Wildman–Crippen LogP) is 0.573. The van der Waals surface area contributed by atoms with Gasteiger partial charge in [0.15, 0.2) is 5.69 Å². The van der Waals surface area contributed by atoms with Gasteiger partial charge in [-0.05, 0) is 55.2 Å². The Morgan fingerprint density at radius 1 is 1.20 bits per heavy atom. The number of benzene rings is 1. The second kappa shape index (κ2) is 8.56. The highest BCUT2D eigenvalue weighted by Gasteiger charge is 2.39. The normalized spacial score (nSPS) is 27.7. The van der Waals surface area contributed by atoms with Crippen LogP contribution in [-0.4, -0.2) is 68.8 Å². The number of nitrogens with zero attached hydrogens (tertiary/aromatic N) is 4. The molecule has 1 aliphatic carbocycles. The molecular formula is C24H26N6O5. The molecule has 4 heterocycles. The van der Waals surface area contributed by atoms with Gasteiger partial charge in [-0.15, -0.1) is 5.10 Å². The number of carbonyl (C=O) groups excluding carboxylic acids is 4. The molecule has 1 aromatic heterocycles. The Bertz CT molecular complexity index is 1220. The number of fused-ring (bicyclic) bond motifs is 3. The summed E-state index contributed by atoms with van der Waals surface area (Å²) in [6.45, 7) is 1.52. The summed E-state index contributed by atoms with van der Waals surface area (Å²) in [5, 5.41) is 13.3. The van der Waals surface area contributed by atoms with E-state index in [4.69, 9.17) is 4.74 Å². The van der Waals surface area contributed by atoms with Gasteiger partial charge in [0.05, 0.1) is 18.0 Å². The molecule has 0 spiro atoms. The highest BCUT2D eigenvalue weighted by atomic mass is 16.5. The summed E-state index contributed by atoms with van der Waals surface area (Å²) in [6, 6.07) is 4.63. The Hall–Kier alpha value is -3.60. The maximum atomic E-state index is 13.0. The van der Waals surface area contributed by atoms with Gasteiger partial charge in [-0.25, -0.2) is 4.68 Å². The molecule has 35 heavy (non-hydrogen) atoms. The standard InChI is InChI=1S/C24H26N6O5/c31-21-6-5-19(23(33)26-21)29-10-15-3-4-16(8-17(15)24(29)34)30-11-18(27-28-30)22(32)25-9-20-14-2-1-13(7-14)12-35-20/h3-4,8,11,13-14,19-20H,1-2,5-7,9-10,12H2,(H,25,32)(H,26,31,33)/t13-,14+,19?,20+/m1/s1. The van der Waals surface area contributed by atoms with Crippen molar-refractivity contribution in [2.75, 3.05) is 13.2 Å². The Labute approximate surface area is 201 Å². The number of amides is 4. The van der Waals surface area contributed by atoms with Crippen molar-refractivity contribution in [1.82, 2.24) is 30.5 Å². The van der Waals surface area contributed by atoms with E-state index in [-0.39, 0.29) is 35.9 Å². The molecule has 3 aliphatic heterocycles. The smallest absolute Gasteiger partial charge is 0.273 e. The Morgan fingerprint density at radius 3 is 2.94 bits per heavy atom. The minimum Gasteiger partial charge on any atom is -0.376 e. The van der Waals surface area contributed by atoms with E-state index in [1.54, 1.807) is 12.1 Å². The van der Waals surface area contributed by atoms with Crippen LogP contribution in [0.25, 0.3) is 5.69 Å². The molecule has 2 N–H and O–H groups in total. The molecule has 6 rings (SSSR count). The number of rotatable bonds is 5. The van der Waals surface area contributed by atoms with Crippen molar-refractivity contribution in [3.8, 4) is 5.69 Å². The fraction of sp³-hybridized carbons (Fsp3) is 0.500. The third-order valence-corrected chi connectivity index (χ3v) is 7.62.